The Hall–Kier alpha value is -2.42. The molecule has 1 amide bonds. The fraction of sp³-hybridized carbons (Fsp3) is 0.400. The maximum Gasteiger partial charge on any atom is 0.269 e. The number of nitrogens with two attached hydrogens (primary N) is 1. The van der Waals surface area contributed by atoms with Crippen LogP contribution >= 0.6 is 11.8 Å². The highest BCUT2D eigenvalue weighted by Crippen LogP contribution is 2.41. The summed E-state index contributed by atoms with van der Waals surface area (Å²) >= 11 is 1.41. The van der Waals surface area contributed by atoms with Gasteiger partial charge < -0.3 is 5.73 Å². The van der Waals surface area contributed by atoms with Crippen molar-refractivity contribution in [1.29, 1.82) is 0 Å². The Balaban J connectivity index is 1.83. The van der Waals surface area contributed by atoms with Gasteiger partial charge in [0, 0.05) is 23.3 Å². The molecule has 1 aliphatic carbocycles. The first-order valence-corrected chi connectivity index (χ1v) is 8.46. The van der Waals surface area contributed by atoms with Gasteiger partial charge in [-0.2, -0.15) is 0 Å². The molecule has 0 saturated heterocycles. The molecule has 0 unspecified atom stereocenters. The number of non-ortho nitro benzene ring substituents is 1. The largest absolute Gasteiger partial charge is 0.368 e. The molecule has 9 heteroatoms. The summed E-state index contributed by atoms with van der Waals surface area (Å²) in [5, 5.41) is 19.8. The SMILES string of the molecule is C[C@H](Sc1nnc(C2CC2)n1CC(N)=O)c1cccc([N+](=O)[O-])c1. The second-order valence-electron chi connectivity index (χ2n) is 5.78. The summed E-state index contributed by atoms with van der Waals surface area (Å²) in [4.78, 5) is 21.9. The molecule has 126 valence electrons. The number of benzene rings is 1. The van der Waals surface area contributed by atoms with Crippen LogP contribution in [0.2, 0.25) is 0 Å². The molecule has 1 atom stereocenters. The van der Waals surface area contributed by atoms with Gasteiger partial charge in [-0.1, -0.05) is 23.9 Å². The van der Waals surface area contributed by atoms with Crippen LogP contribution in [0.4, 0.5) is 5.69 Å². The molecule has 3 rings (SSSR count). The molecule has 0 aliphatic heterocycles. The van der Waals surface area contributed by atoms with E-state index in [1.807, 2.05) is 13.0 Å². The highest BCUT2D eigenvalue weighted by Gasteiger charge is 2.31. The Kier molecular flexibility index (Phi) is 4.52. The molecule has 0 bridgehead atoms. The van der Waals surface area contributed by atoms with Crippen LogP contribution in [0.15, 0.2) is 29.4 Å². The molecule has 1 saturated carbocycles. The fourth-order valence-corrected chi connectivity index (χ4v) is 3.42. The van der Waals surface area contributed by atoms with E-state index in [4.69, 9.17) is 5.73 Å². The summed E-state index contributed by atoms with van der Waals surface area (Å²) in [6.45, 7) is 1.98. The third-order valence-corrected chi connectivity index (χ3v) is 4.97. The lowest BCUT2D eigenvalue weighted by Crippen LogP contribution is -2.20. The first-order valence-electron chi connectivity index (χ1n) is 7.58. The van der Waals surface area contributed by atoms with Crippen molar-refractivity contribution in [2.24, 2.45) is 5.73 Å². The Bertz CT molecular complexity index is 787. The van der Waals surface area contributed by atoms with E-state index in [9.17, 15) is 14.9 Å². The Morgan fingerprint density at radius 2 is 2.25 bits per heavy atom. The summed E-state index contributed by atoms with van der Waals surface area (Å²) in [7, 11) is 0. The van der Waals surface area contributed by atoms with Gasteiger partial charge in [-0.15, -0.1) is 10.2 Å². The maximum atomic E-state index is 11.4. The van der Waals surface area contributed by atoms with E-state index in [2.05, 4.69) is 10.2 Å². The van der Waals surface area contributed by atoms with Crippen molar-refractivity contribution in [2.75, 3.05) is 0 Å². The van der Waals surface area contributed by atoms with E-state index in [0.717, 1.165) is 24.2 Å². The van der Waals surface area contributed by atoms with Gasteiger partial charge >= 0.3 is 0 Å². The zero-order valence-corrected chi connectivity index (χ0v) is 13.9. The van der Waals surface area contributed by atoms with Crippen molar-refractivity contribution < 1.29 is 9.72 Å². The topological polar surface area (TPSA) is 117 Å². The van der Waals surface area contributed by atoms with Crippen molar-refractivity contribution in [3.05, 3.63) is 45.8 Å². The molecule has 2 aromatic rings. The van der Waals surface area contributed by atoms with Crippen LogP contribution in [0.25, 0.3) is 0 Å². The van der Waals surface area contributed by atoms with E-state index >= 15 is 0 Å². The highest BCUT2D eigenvalue weighted by molar-refractivity contribution is 7.99. The Morgan fingerprint density at radius 3 is 2.88 bits per heavy atom. The number of aromatic nitrogens is 3. The van der Waals surface area contributed by atoms with Crippen molar-refractivity contribution in [1.82, 2.24) is 14.8 Å². The fourth-order valence-electron chi connectivity index (χ4n) is 2.45. The number of nitro benzene ring substituents is 1. The Labute approximate surface area is 142 Å². The van der Waals surface area contributed by atoms with Crippen LogP contribution in [-0.4, -0.2) is 25.6 Å². The van der Waals surface area contributed by atoms with Crippen molar-refractivity contribution >= 4 is 23.4 Å². The number of amides is 1. The third kappa shape index (κ3) is 3.56. The molecule has 2 N–H and O–H groups in total. The second-order valence-corrected chi connectivity index (χ2v) is 7.09. The van der Waals surface area contributed by atoms with E-state index in [1.165, 1.54) is 17.8 Å². The maximum absolute atomic E-state index is 11.4. The number of rotatable bonds is 7. The summed E-state index contributed by atoms with van der Waals surface area (Å²) < 4.78 is 1.76. The van der Waals surface area contributed by atoms with Crippen LogP contribution in [-0.2, 0) is 11.3 Å². The van der Waals surface area contributed by atoms with Crippen molar-refractivity contribution in [3.8, 4) is 0 Å². The van der Waals surface area contributed by atoms with Crippen molar-refractivity contribution in [2.45, 2.75) is 42.6 Å². The standard InChI is InChI=1S/C15H17N5O3S/c1-9(11-3-2-4-12(7-11)20(22)23)24-15-18-17-14(10-5-6-10)19(15)8-13(16)21/h2-4,7,9-10H,5-6,8H2,1H3,(H2,16,21)/t9-/m0/s1. The van der Waals surface area contributed by atoms with Crippen molar-refractivity contribution in [3.63, 3.8) is 0 Å². The first-order chi connectivity index (χ1) is 11.5. The number of carbonyl (C=O) groups is 1. The molecule has 1 aromatic heterocycles. The quantitative estimate of drug-likeness (QED) is 0.467. The van der Waals surface area contributed by atoms with Crippen LogP contribution in [0.1, 0.15) is 42.3 Å². The van der Waals surface area contributed by atoms with Crippen LogP contribution in [0.3, 0.4) is 0 Å². The van der Waals surface area contributed by atoms with Gasteiger partial charge in [-0.05, 0) is 25.3 Å². The molecule has 1 aromatic carbocycles. The molecule has 1 heterocycles. The second kappa shape index (κ2) is 6.60. The molecular weight excluding hydrogens is 330 g/mol. The zero-order chi connectivity index (χ0) is 17.3. The van der Waals surface area contributed by atoms with E-state index in [-0.39, 0.29) is 17.5 Å². The highest BCUT2D eigenvalue weighted by atomic mass is 32.2. The number of carbonyl (C=O) groups excluding carboxylic acids is 1. The normalized spacial score (nSPS) is 15.2. The van der Waals surface area contributed by atoms with Crippen LogP contribution in [0, 0.1) is 10.1 Å². The van der Waals surface area contributed by atoms with Crippen LogP contribution < -0.4 is 5.73 Å². The first kappa shape index (κ1) is 16.4. The minimum atomic E-state index is -0.443. The summed E-state index contributed by atoms with van der Waals surface area (Å²) in [6.07, 6.45) is 2.09. The summed E-state index contributed by atoms with van der Waals surface area (Å²) in [5.74, 6) is 0.698. The molecule has 0 spiro atoms. The van der Waals surface area contributed by atoms with Gasteiger partial charge in [-0.25, -0.2) is 0 Å². The number of hydrogen-bond acceptors (Lipinski definition) is 6. The lowest BCUT2D eigenvalue weighted by Gasteiger charge is -2.12. The van der Waals surface area contributed by atoms with Gasteiger partial charge in [0.15, 0.2) is 5.16 Å². The smallest absolute Gasteiger partial charge is 0.269 e. The van der Waals surface area contributed by atoms with E-state index in [0.29, 0.717) is 11.1 Å². The molecule has 1 aliphatic rings. The number of nitro groups is 1. The molecule has 8 nitrogen and oxygen atoms in total. The minimum Gasteiger partial charge on any atom is -0.368 e. The lowest BCUT2D eigenvalue weighted by atomic mass is 10.1. The summed E-state index contributed by atoms with van der Waals surface area (Å²) in [6, 6.07) is 6.51. The molecule has 24 heavy (non-hydrogen) atoms. The minimum absolute atomic E-state index is 0.0445. The van der Waals surface area contributed by atoms with Gasteiger partial charge in [0.25, 0.3) is 5.69 Å². The molecule has 0 radical (unpaired) electrons. The van der Waals surface area contributed by atoms with Gasteiger partial charge in [-0.3, -0.25) is 19.5 Å². The van der Waals surface area contributed by atoms with E-state index < -0.39 is 10.8 Å². The number of thioether (sulfide) groups is 1. The monoisotopic (exact) mass is 347 g/mol. The third-order valence-electron chi connectivity index (χ3n) is 3.83. The lowest BCUT2D eigenvalue weighted by molar-refractivity contribution is -0.384. The molecule has 1 fully saturated rings. The Morgan fingerprint density at radius 1 is 1.50 bits per heavy atom. The van der Waals surface area contributed by atoms with Gasteiger partial charge in [0.1, 0.15) is 12.4 Å². The average molecular weight is 347 g/mol. The zero-order valence-electron chi connectivity index (χ0n) is 13.1. The number of hydrogen-bond donors (Lipinski definition) is 1. The van der Waals surface area contributed by atoms with Gasteiger partial charge in [0.05, 0.1) is 4.92 Å². The van der Waals surface area contributed by atoms with E-state index in [1.54, 1.807) is 16.7 Å². The number of nitrogens with zero attached hydrogens (tertiary/aromatic N) is 4. The summed E-state index contributed by atoms with van der Waals surface area (Å²) in [5.41, 5.74) is 6.21. The molecular formula is C15H17N5O3S. The average Bonchev–Trinajstić information content (AvgIpc) is 3.31. The predicted molar refractivity (Wildman–Crippen MR) is 88.6 cm³/mol. The predicted octanol–water partition coefficient (Wildman–Crippen LogP) is 2.40. The van der Waals surface area contributed by atoms with Crippen LogP contribution in [0.5, 0.6) is 0 Å². The number of primary amides is 1. The van der Waals surface area contributed by atoms with Gasteiger partial charge in [0.2, 0.25) is 5.91 Å².